The van der Waals surface area contributed by atoms with E-state index in [1.165, 1.54) is 4.90 Å². The van der Waals surface area contributed by atoms with Crippen LogP contribution in [0.4, 0.5) is 11.5 Å². The minimum absolute atomic E-state index is 0.0717. The average molecular weight is 287 g/mol. The third kappa shape index (κ3) is 1.78. The molecule has 0 radical (unpaired) electrons. The van der Waals surface area contributed by atoms with Gasteiger partial charge in [-0.3, -0.25) is 14.7 Å². The van der Waals surface area contributed by atoms with Crippen molar-refractivity contribution < 1.29 is 4.79 Å². The Labute approximate surface area is 117 Å². The normalized spacial score (nSPS) is 11.1. The standard InChI is InChI=1S/C12H13N7O2/c1-19(2)12(21)6-7(13)4-3-5-8(14)17-18-10(5)15-9(4)16-11(6)20/h3H,1-2H3,(H6,13,14,15,16,17,18,20). The predicted octanol–water partition coefficient (Wildman–Crippen LogP) is -0.334. The van der Waals surface area contributed by atoms with Crippen LogP contribution in [0, 0.1) is 0 Å². The Kier molecular flexibility index (Phi) is 2.58. The smallest absolute Gasteiger partial charge is 0.264 e. The lowest BCUT2D eigenvalue weighted by molar-refractivity contribution is 0.0827. The Morgan fingerprint density at radius 2 is 2.00 bits per heavy atom. The fourth-order valence-electron chi connectivity index (χ4n) is 2.12. The van der Waals surface area contributed by atoms with Gasteiger partial charge in [0.15, 0.2) is 5.65 Å². The van der Waals surface area contributed by atoms with Crippen LogP contribution in [-0.2, 0) is 0 Å². The van der Waals surface area contributed by atoms with Crippen molar-refractivity contribution in [3.8, 4) is 0 Å². The monoisotopic (exact) mass is 287 g/mol. The molecule has 0 unspecified atom stereocenters. The maximum absolute atomic E-state index is 12.1. The van der Waals surface area contributed by atoms with Gasteiger partial charge in [-0.05, 0) is 6.07 Å². The highest BCUT2D eigenvalue weighted by Gasteiger charge is 2.20. The van der Waals surface area contributed by atoms with Gasteiger partial charge in [0.25, 0.3) is 11.5 Å². The fourth-order valence-corrected chi connectivity index (χ4v) is 2.12. The summed E-state index contributed by atoms with van der Waals surface area (Å²) in [5, 5.41) is 7.53. The molecule has 3 aromatic rings. The molecule has 0 aromatic carbocycles. The number of nitrogens with zero attached hydrogens (tertiary/aromatic N) is 3. The Morgan fingerprint density at radius 1 is 1.29 bits per heavy atom. The lowest BCUT2D eigenvalue weighted by atomic mass is 10.1. The van der Waals surface area contributed by atoms with Crippen molar-refractivity contribution in [3.05, 3.63) is 22.0 Å². The molecule has 9 nitrogen and oxygen atoms in total. The molecule has 0 aliphatic heterocycles. The number of aromatic nitrogens is 4. The highest BCUT2D eigenvalue weighted by Crippen LogP contribution is 2.25. The van der Waals surface area contributed by atoms with E-state index in [1.54, 1.807) is 20.2 Å². The van der Waals surface area contributed by atoms with Crippen LogP contribution in [0.5, 0.6) is 0 Å². The minimum Gasteiger partial charge on any atom is -0.397 e. The summed E-state index contributed by atoms with van der Waals surface area (Å²) in [4.78, 5) is 32.2. The molecule has 0 bridgehead atoms. The van der Waals surface area contributed by atoms with Crippen molar-refractivity contribution in [3.63, 3.8) is 0 Å². The minimum atomic E-state index is -0.589. The molecule has 21 heavy (non-hydrogen) atoms. The first-order chi connectivity index (χ1) is 9.90. The second kappa shape index (κ2) is 4.20. The van der Waals surface area contributed by atoms with E-state index in [1.807, 2.05) is 0 Å². The zero-order valence-corrected chi connectivity index (χ0v) is 11.4. The van der Waals surface area contributed by atoms with Crippen molar-refractivity contribution in [1.82, 2.24) is 25.1 Å². The van der Waals surface area contributed by atoms with Gasteiger partial charge >= 0.3 is 0 Å². The van der Waals surface area contributed by atoms with E-state index in [9.17, 15) is 9.59 Å². The number of hydrogen-bond donors (Lipinski definition) is 4. The van der Waals surface area contributed by atoms with Crippen LogP contribution < -0.4 is 17.0 Å². The quantitative estimate of drug-likeness (QED) is 0.481. The molecule has 1 amide bonds. The molecule has 0 spiro atoms. The number of pyridine rings is 2. The number of hydrogen-bond acceptors (Lipinski definition) is 6. The van der Waals surface area contributed by atoms with Crippen LogP contribution in [0.15, 0.2) is 10.9 Å². The number of anilines is 2. The van der Waals surface area contributed by atoms with Crippen LogP contribution in [0.1, 0.15) is 10.4 Å². The SMILES string of the molecule is CN(C)C(=O)c1c(N)c2cc3c(N)[nH]nc3nc2[nH]c1=O. The molecule has 0 aliphatic rings. The van der Waals surface area contributed by atoms with Gasteiger partial charge in [-0.25, -0.2) is 4.98 Å². The first-order valence-corrected chi connectivity index (χ1v) is 6.08. The molecule has 3 rings (SSSR count). The Bertz CT molecular complexity index is 938. The fraction of sp³-hybridized carbons (Fsp3) is 0.167. The Balaban J connectivity index is 2.42. The van der Waals surface area contributed by atoms with E-state index in [0.29, 0.717) is 22.2 Å². The van der Waals surface area contributed by atoms with Crippen LogP contribution in [-0.4, -0.2) is 45.1 Å². The number of nitrogen functional groups attached to an aromatic ring is 2. The number of nitrogens with one attached hydrogen (secondary N) is 2. The summed E-state index contributed by atoms with van der Waals surface area (Å²) in [6.07, 6.45) is 0. The summed E-state index contributed by atoms with van der Waals surface area (Å²) in [7, 11) is 3.09. The van der Waals surface area contributed by atoms with E-state index < -0.39 is 11.5 Å². The van der Waals surface area contributed by atoms with Crippen molar-refractivity contribution in [2.45, 2.75) is 0 Å². The Hall–Kier alpha value is -3.10. The summed E-state index contributed by atoms with van der Waals surface area (Å²) < 4.78 is 0. The molecule has 3 heterocycles. The van der Waals surface area contributed by atoms with Gasteiger partial charge < -0.3 is 21.4 Å². The van der Waals surface area contributed by atoms with Crippen molar-refractivity contribution >= 4 is 39.5 Å². The lowest BCUT2D eigenvalue weighted by Gasteiger charge is -2.12. The molecule has 0 fully saturated rings. The number of carbonyl (C=O) groups excluding carboxylic acids is 1. The summed E-state index contributed by atoms with van der Waals surface area (Å²) >= 11 is 0. The van der Waals surface area contributed by atoms with Crippen LogP contribution >= 0.6 is 0 Å². The zero-order valence-electron chi connectivity index (χ0n) is 11.4. The summed E-state index contributed by atoms with van der Waals surface area (Å²) in [5.41, 5.74) is 11.7. The summed E-state index contributed by atoms with van der Waals surface area (Å²) in [6, 6.07) is 1.65. The largest absolute Gasteiger partial charge is 0.397 e. The predicted molar refractivity (Wildman–Crippen MR) is 78.9 cm³/mol. The van der Waals surface area contributed by atoms with Crippen LogP contribution in [0.25, 0.3) is 22.1 Å². The number of amides is 1. The van der Waals surface area contributed by atoms with Gasteiger partial charge in [0, 0.05) is 19.5 Å². The van der Waals surface area contributed by atoms with E-state index >= 15 is 0 Å². The number of nitrogens with two attached hydrogens (primary N) is 2. The number of aromatic amines is 2. The molecule has 108 valence electrons. The molecule has 0 atom stereocenters. The second-order valence-electron chi connectivity index (χ2n) is 4.84. The van der Waals surface area contributed by atoms with Gasteiger partial charge in [0.1, 0.15) is 17.0 Å². The van der Waals surface area contributed by atoms with Crippen molar-refractivity contribution in [2.75, 3.05) is 25.6 Å². The highest BCUT2D eigenvalue weighted by atomic mass is 16.2. The molecule has 6 N–H and O–H groups in total. The number of carbonyl (C=O) groups is 1. The van der Waals surface area contributed by atoms with E-state index in [2.05, 4.69) is 20.2 Å². The molecule has 9 heteroatoms. The first-order valence-electron chi connectivity index (χ1n) is 6.08. The molecule has 0 saturated heterocycles. The van der Waals surface area contributed by atoms with E-state index in [4.69, 9.17) is 11.5 Å². The molecular formula is C12H13N7O2. The zero-order chi connectivity index (χ0) is 15.3. The topological polar surface area (TPSA) is 147 Å². The number of rotatable bonds is 1. The number of H-pyrrole nitrogens is 2. The molecule has 3 aromatic heterocycles. The third-order valence-electron chi connectivity index (χ3n) is 3.21. The molecule has 0 aliphatic carbocycles. The highest BCUT2D eigenvalue weighted by molar-refractivity contribution is 6.08. The van der Waals surface area contributed by atoms with E-state index in [-0.39, 0.29) is 16.9 Å². The van der Waals surface area contributed by atoms with Crippen molar-refractivity contribution in [2.24, 2.45) is 0 Å². The van der Waals surface area contributed by atoms with E-state index in [0.717, 1.165) is 0 Å². The second-order valence-corrected chi connectivity index (χ2v) is 4.84. The van der Waals surface area contributed by atoms with Gasteiger partial charge in [-0.1, -0.05) is 0 Å². The first kappa shape index (κ1) is 12.9. The average Bonchev–Trinajstić information content (AvgIpc) is 2.78. The van der Waals surface area contributed by atoms with Crippen LogP contribution in [0.3, 0.4) is 0 Å². The lowest BCUT2D eigenvalue weighted by Crippen LogP contribution is -2.30. The summed E-state index contributed by atoms with van der Waals surface area (Å²) in [6.45, 7) is 0. The Morgan fingerprint density at radius 3 is 2.67 bits per heavy atom. The van der Waals surface area contributed by atoms with Gasteiger partial charge in [-0.2, -0.15) is 5.10 Å². The van der Waals surface area contributed by atoms with Gasteiger partial charge in [-0.15, -0.1) is 0 Å². The molecular weight excluding hydrogens is 274 g/mol. The maximum atomic E-state index is 12.1. The molecule has 0 saturated carbocycles. The van der Waals surface area contributed by atoms with Gasteiger partial charge in [0.05, 0.1) is 11.1 Å². The number of fused-ring (bicyclic) bond motifs is 2. The maximum Gasteiger partial charge on any atom is 0.264 e. The van der Waals surface area contributed by atoms with Crippen LogP contribution in [0.2, 0.25) is 0 Å². The summed E-state index contributed by atoms with van der Waals surface area (Å²) in [5.74, 6) is -0.138. The third-order valence-corrected chi connectivity index (χ3v) is 3.21. The van der Waals surface area contributed by atoms with Crippen molar-refractivity contribution in [1.29, 1.82) is 0 Å². The van der Waals surface area contributed by atoms with Gasteiger partial charge in [0.2, 0.25) is 0 Å².